The molecule has 3 unspecified atom stereocenters. The molecule has 0 saturated heterocycles. The molecule has 1 saturated carbocycles. The highest BCUT2D eigenvalue weighted by Gasteiger charge is 2.34. The fourth-order valence-electron chi connectivity index (χ4n) is 3.92. The predicted octanol–water partition coefficient (Wildman–Crippen LogP) is 4.84. The summed E-state index contributed by atoms with van der Waals surface area (Å²) in [7, 11) is 0. The quantitative estimate of drug-likeness (QED) is 0.640. The zero-order chi connectivity index (χ0) is 13.1. The van der Waals surface area contributed by atoms with Crippen molar-refractivity contribution >= 4 is 5.78 Å². The number of hydrogen-bond acceptors (Lipinski definition) is 1. The molecule has 3 atom stereocenters. The van der Waals surface area contributed by atoms with Crippen LogP contribution in [0.2, 0.25) is 0 Å². The van der Waals surface area contributed by atoms with Crippen LogP contribution in [-0.4, -0.2) is 5.78 Å². The van der Waals surface area contributed by atoms with E-state index in [1.165, 1.54) is 25.7 Å². The topological polar surface area (TPSA) is 17.1 Å². The van der Waals surface area contributed by atoms with Crippen molar-refractivity contribution in [2.24, 2.45) is 23.2 Å². The predicted molar refractivity (Wildman–Crippen MR) is 74.0 cm³/mol. The minimum Gasteiger partial charge on any atom is -0.300 e. The van der Waals surface area contributed by atoms with Crippen LogP contribution < -0.4 is 0 Å². The third kappa shape index (κ3) is 4.81. The number of hydrogen-bond donors (Lipinski definition) is 0. The van der Waals surface area contributed by atoms with E-state index in [9.17, 15) is 4.79 Å². The van der Waals surface area contributed by atoms with Crippen molar-refractivity contribution in [1.29, 1.82) is 0 Å². The minimum absolute atomic E-state index is 0.357. The van der Waals surface area contributed by atoms with Gasteiger partial charge >= 0.3 is 0 Å². The molecule has 0 heterocycles. The lowest BCUT2D eigenvalue weighted by molar-refractivity contribution is -0.117. The molecule has 0 aromatic heterocycles. The van der Waals surface area contributed by atoms with E-state index in [4.69, 9.17) is 0 Å². The van der Waals surface area contributed by atoms with Crippen molar-refractivity contribution in [2.75, 3.05) is 0 Å². The van der Waals surface area contributed by atoms with Crippen LogP contribution in [0.15, 0.2) is 0 Å². The molecule has 0 aromatic rings. The summed E-state index contributed by atoms with van der Waals surface area (Å²) >= 11 is 0. The van der Waals surface area contributed by atoms with Gasteiger partial charge in [0, 0.05) is 6.42 Å². The Morgan fingerprint density at radius 1 is 1.24 bits per heavy atom. The molecule has 17 heavy (non-hydrogen) atoms. The van der Waals surface area contributed by atoms with E-state index in [-0.39, 0.29) is 0 Å². The lowest BCUT2D eigenvalue weighted by Crippen LogP contribution is -2.19. The van der Waals surface area contributed by atoms with Gasteiger partial charge in [-0.05, 0) is 55.8 Å². The van der Waals surface area contributed by atoms with Crippen molar-refractivity contribution in [2.45, 2.75) is 73.1 Å². The fraction of sp³-hybridized carbons (Fsp3) is 0.938. The summed E-state index contributed by atoms with van der Waals surface area (Å²) in [6.07, 6.45) is 7.20. The van der Waals surface area contributed by atoms with Gasteiger partial charge in [-0.15, -0.1) is 0 Å². The molecule has 1 aliphatic carbocycles. The summed E-state index contributed by atoms with van der Waals surface area (Å²) in [5.41, 5.74) is 0.491. The Morgan fingerprint density at radius 3 is 2.41 bits per heavy atom. The molecular weight excluding hydrogens is 208 g/mol. The monoisotopic (exact) mass is 238 g/mol. The van der Waals surface area contributed by atoms with Crippen LogP contribution >= 0.6 is 0 Å². The van der Waals surface area contributed by atoms with Gasteiger partial charge in [-0.3, -0.25) is 0 Å². The van der Waals surface area contributed by atoms with Gasteiger partial charge in [0.05, 0.1) is 0 Å². The summed E-state index contributed by atoms with van der Waals surface area (Å²) in [6.45, 7) is 11.3. The standard InChI is InChI=1S/C16H30O/c1-6-14-11-16(4,5)10-12(2)9-15(14)8-7-13(3)17/h12,14-15H,6-11H2,1-5H3. The SMILES string of the molecule is CCC1CC(C)(C)CC(C)CC1CCC(C)=O. The van der Waals surface area contributed by atoms with E-state index in [2.05, 4.69) is 27.7 Å². The molecule has 1 aliphatic rings. The Hall–Kier alpha value is -0.330. The smallest absolute Gasteiger partial charge is 0.129 e. The summed E-state index contributed by atoms with van der Waals surface area (Å²) in [4.78, 5) is 11.2. The molecular formula is C16H30O. The second kappa shape index (κ2) is 6.02. The molecule has 1 rings (SSSR count). The largest absolute Gasteiger partial charge is 0.300 e. The second-order valence-electron chi connectivity index (χ2n) is 7.08. The molecule has 0 N–H and O–H groups in total. The van der Waals surface area contributed by atoms with E-state index in [1.54, 1.807) is 6.92 Å². The second-order valence-corrected chi connectivity index (χ2v) is 7.08. The van der Waals surface area contributed by atoms with E-state index in [1.807, 2.05) is 0 Å². The van der Waals surface area contributed by atoms with Gasteiger partial charge in [-0.1, -0.05) is 34.1 Å². The van der Waals surface area contributed by atoms with E-state index < -0.39 is 0 Å². The first kappa shape index (κ1) is 14.7. The van der Waals surface area contributed by atoms with Gasteiger partial charge in [0.1, 0.15) is 5.78 Å². The maximum Gasteiger partial charge on any atom is 0.129 e. The van der Waals surface area contributed by atoms with Gasteiger partial charge in [0.2, 0.25) is 0 Å². The fourth-order valence-corrected chi connectivity index (χ4v) is 3.92. The summed E-state index contributed by atoms with van der Waals surface area (Å²) < 4.78 is 0. The first-order valence-corrected chi connectivity index (χ1v) is 7.33. The Morgan fingerprint density at radius 2 is 1.88 bits per heavy atom. The first-order valence-electron chi connectivity index (χ1n) is 7.33. The molecule has 1 fully saturated rings. The van der Waals surface area contributed by atoms with Crippen molar-refractivity contribution in [1.82, 2.24) is 0 Å². The zero-order valence-corrected chi connectivity index (χ0v) is 12.4. The summed E-state index contributed by atoms with van der Waals surface area (Å²) in [5, 5.41) is 0. The summed E-state index contributed by atoms with van der Waals surface area (Å²) in [5.74, 6) is 2.78. The van der Waals surface area contributed by atoms with Crippen molar-refractivity contribution in [3.05, 3.63) is 0 Å². The number of ketones is 1. The van der Waals surface area contributed by atoms with Crippen LogP contribution in [0, 0.1) is 23.2 Å². The van der Waals surface area contributed by atoms with Gasteiger partial charge < -0.3 is 4.79 Å². The van der Waals surface area contributed by atoms with Gasteiger partial charge in [0.25, 0.3) is 0 Å². The van der Waals surface area contributed by atoms with Crippen molar-refractivity contribution in [3.8, 4) is 0 Å². The maximum atomic E-state index is 11.2. The average molecular weight is 238 g/mol. The molecule has 0 bridgehead atoms. The number of carbonyl (C=O) groups excluding carboxylic acids is 1. The average Bonchev–Trinajstić information content (AvgIpc) is 2.30. The molecule has 1 heteroatoms. The van der Waals surface area contributed by atoms with Crippen LogP contribution in [0.3, 0.4) is 0 Å². The molecule has 0 aliphatic heterocycles. The van der Waals surface area contributed by atoms with E-state index in [0.717, 1.165) is 30.6 Å². The summed E-state index contributed by atoms with van der Waals surface area (Å²) in [6, 6.07) is 0. The molecule has 0 spiro atoms. The highest BCUT2D eigenvalue weighted by molar-refractivity contribution is 5.75. The third-order valence-electron chi connectivity index (χ3n) is 4.48. The van der Waals surface area contributed by atoms with E-state index in [0.29, 0.717) is 11.2 Å². The maximum absolute atomic E-state index is 11.2. The Labute approximate surface area is 107 Å². The molecule has 100 valence electrons. The Bertz CT molecular complexity index is 254. The van der Waals surface area contributed by atoms with Crippen molar-refractivity contribution < 1.29 is 4.79 Å². The number of carbonyl (C=O) groups is 1. The van der Waals surface area contributed by atoms with Crippen LogP contribution in [0.4, 0.5) is 0 Å². The lowest BCUT2D eigenvalue weighted by Gasteiger charge is -2.29. The van der Waals surface area contributed by atoms with Gasteiger partial charge in [-0.2, -0.15) is 0 Å². The normalized spacial score (nSPS) is 33.1. The van der Waals surface area contributed by atoms with Crippen molar-refractivity contribution in [3.63, 3.8) is 0 Å². The van der Waals surface area contributed by atoms with Crippen LogP contribution in [-0.2, 0) is 4.79 Å². The third-order valence-corrected chi connectivity index (χ3v) is 4.48. The Kier molecular flexibility index (Phi) is 5.22. The molecule has 0 amide bonds. The van der Waals surface area contributed by atoms with Crippen LogP contribution in [0.25, 0.3) is 0 Å². The highest BCUT2D eigenvalue weighted by Crippen LogP contribution is 2.44. The first-order chi connectivity index (χ1) is 7.84. The van der Waals surface area contributed by atoms with Gasteiger partial charge in [-0.25, -0.2) is 0 Å². The van der Waals surface area contributed by atoms with Crippen LogP contribution in [0.1, 0.15) is 73.1 Å². The lowest BCUT2D eigenvalue weighted by atomic mass is 9.76. The zero-order valence-electron chi connectivity index (χ0n) is 12.4. The highest BCUT2D eigenvalue weighted by atomic mass is 16.1. The number of Topliss-reactive ketones (excluding diaryl/α,β-unsaturated/α-hetero) is 1. The van der Waals surface area contributed by atoms with E-state index >= 15 is 0 Å². The Balaban J connectivity index is 2.69. The molecule has 1 nitrogen and oxygen atoms in total. The molecule has 0 aromatic carbocycles. The molecule has 0 radical (unpaired) electrons. The van der Waals surface area contributed by atoms with Crippen LogP contribution in [0.5, 0.6) is 0 Å². The van der Waals surface area contributed by atoms with Gasteiger partial charge in [0.15, 0.2) is 0 Å². The number of rotatable bonds is 4. The minimum atomic E-state index is 0.357.